The van der Waals surface area contributed by atoms with E-state index in [1.165, 1.54) is 18.3 Å². The zero-order chi connectivity index (χ0) is 19.0. The van der Waals surface area contributed by atoms with Gasteiger partial charge in [-0.1, -0.05) is 12.1 Å². The molecule has 0 aliphatic carbocycles. The topological polar surface area (TPSA) is 68.3 Å². The van der Waals surface area contributed by atoms with E-state index in [2.05, 4.69) is 9.98 Å². The molecular weight excluding hydrogens is 348 g/mol. The zero-order valence-corrected chi connectivity index (χ0v) is 14.2. The van der Waals surface area contributed by atoms with Gasteiger partial charge >= 0.3 is 0 Å². The molecule has 1 atom stereocenters. The quantitative estimate of drug-likeness (QED) is 0.766. The summed E-state index contributed by atoms with van der Waals surface area (Å²) in [5, 5.41) is 0. The van der Waals surface area contributed by atoms with Crippen molar-refractivity contribution in [2.45, 2.75) is 12.5 Å². The molecule has 2 aromatic carbocycles. The van der Waals surface area contributed by atoms with Crippen molar-refractivity contribution < 1.29 is 13.6 Å². The first-order valence-corrected chi connectivity index (χ1v) is 8.39. The molecule has 0 saturated carbocycles. The Morgan fingerprint density at radius 1 is 1.00 bits per heavy atom. The van der Waals surface area contributed by atoms with Crippen LogP contribution >= 0.6 is 0 Å². The van der Waals surface area contributed by atoms with Crippen LogP contribution in [0, 0.1) is 11.6 Å². The van der Waals surface area contributed by atoms with Crippen molar-refractivity contribution in [1.82, 2.24) is 4.98 Å². The van der Waals surface area contributed by atoms with Crippen LogP contribution in [0.2, 0.25) is 0 Å². The molecule has 3 aromatic rings. The lowest BCUT2D eigenvalue weighted by Gasteiger charge is -2.16. The van der Waals surface area contributed by atoms with Gasteiger partial charge in [-0.05, 0) is 47.9 Å². The molecule has 4 rings (SSSR count). The van der Waals surface area contributed by atoms with Crippen LogP contribution in [-0.2, 0) is 6.42 Å². The van der Waals surface area contributed by atoms with E-state index in [9.17, 15) is 13.6 Å². The molecule has 134 valence electrons. The first-order chi connectivity index (χ1) is 13.0. The number of hydrogen-bond acceptors (Lipinski definition) is 3. The molecule has 2 N–H and O–H groups in total. The number of nitrogens with two attached hydrogens (primary N) is 1. The van der Waals surface area contributed by atoms with Gasteiger partial charge in [0, 0.05) is 29.6 Å². The number of aliphatic imine (C=N–C) groups is 1. The minimum absolute atomic E-state index is 0.240. The number of nitrogens with zero attached hydrogens (tertiary/aromatic N) is 2. The fourth-order valence-electron chi connectivity index (χ4n) is 3.27. The van der Waals surface area contributed by atoms with Crippen LogP contribution in [0.4, 0.5) is 8.78 Å². The summed E-state index contributed by atoms with van der Waals surface area (Å²) in [4.78, 5) is 19.8. The third-order valence-corrected chi connectivity index (χ3v) is 4.48. The van der Waals surface area contributed by atoms with E-state index >= 15 is 0 Å². The molecular formula is C21H15F2N3O. The Balaban J connectivity index is 1.69. The van der Waals surface area contributed by atoms with E-state index in [0.717, 1.165) is 22.8 Å². The lowest BCUT2D eigenvalue weighted by Crippen LogP contribution is -2.16. The Morgan fingerprint density at radius 3 is 2.56 bits per heavy atom. The van der Waals surface area contributed by atoms with Crippen LogP contribution in [-0.4, -0.2) is 17.1 Å². The van der Waals surface area contributed by atoms with Gasteiger partial charge in [-0.25, -0.2) is 13.8 Å². The SMILES string of the molecule is NC(Cc1cc(F)cc(F)c1)c1ncccc1-c1ccc2c(c1)C=NC2=O. The third kappa shape index (κ3) is 3.39. The molecule has 0 spiro atoms. The second-order valence-electron chi connectivity index (χ2n) is 6.39. The molecule has 0 fully saturated rings. The Hall–Kier alpha value is -3.25. The summed E-state index contributed by atoms with van der Waals surface area (Å²) in [5.41, 5.74) is 10.3. The minimum atomic E-state index is -0.638. The fraction of sp³-hybridized carbons (Fsp3) is 0.0952. The first-order valence-electron chi connectivity index (χ1n) is 8.39. The van der Waals surface area contributed by atoms with E-state index < -0.39 is 17.7 Å². The molecule has 1 aromatic heterocycles. The van der Waals surface area contributed by atoms with Crippen molar-refractivity contribution >= 4 is 12.1 Å². The van der Waals surface area contributed by atoms with Crippen LogP contribution < -0.4 is 5.73 Å². The van der Waals surface area contributed by atoms with E-state index in [1.54, 1.807) is 18.3 Å². The highest BCUT2D eigenvalue weighted by atomic mass is 19.1. The summed E-state index contributed by atoms with van der Waals surface area (Å²) in [6.45, 7) is 0. The maximum atomic E-state index is 13.4. The number of amides is 1. The van der Waals surface area contributed by atoms with Gasteiger partial charge in [0.05, 0.1) is 17.3 Å². The van der Waals surface area contributed by atoms with Gasteiger partial charge in [0.1, 0.15) is 11.6 Å². The average molecular weight is 363 g/mol. The van der Waals surface area contributed by atoms with Crippen LogP contribution in [0.15, 0.2) is 59.7 Å². The molecule has 27 heavy (non-hydrogen) atoms. The van der Waals surface area contributed by atoms with Gasteiger partial charge in [0.15, 0.2) is 0 Å². The molecule has 1 aliphatic rings. The van der Waals surface area contributed by atoms with E-state index in [1.807, 2.05) is 18.2 Å². The number of carbonyl (C=O) groups excluding carboxylic acids is 1. The van der Waals surface area contributed by atoms with Crippen LogP contribution in [0.5, 0.6) is 0 Å². The van der Waals surface area contributed by atoms with Crippen molar-refractivity contribution in [2.24, 2.45) is 10.7 Å². The van der Waals surface area contributed by atoms with Gasteiger partial charge in [-0.15, -0.1) is 0 Å². The first kappa shape index (κ1) is 17.2. The Morgan fingerprint density at radius 2 is 1.78 bits per heavy atom. The minimum Gasteiger partial charge on any atom is -0.322 e. The maximum Gasteiger partial charge on any atom is 0.277 e. The highest BCUT2D eigenvalue weighted by Gasteiger charge is 2.19. The highest BCUT2D eigenvalue weighted by molar-refractivity contribution is 6.13. The molecule has 1 amide bonds. The summed E-state index contributed by atoms with van der Waals surface area (Å²) < 4.78 is 26.9. The standard InChI is InChI=1S/C21H15F2N3O/c22-15-6-12(7-16(23)10-15)8-19(24)20-17(2-1-5-25-20)13-3-4-18-14(9-13)11-26-21(18)27/h1-7,9-11,19H,8,24H2. The molecule has 1 aliphatic heterocycles. The number of halogens is 2. The maximum absolute atomic E-state index is 13.4. The molecule has 2 heterocycles. The predicted molar refractivity (Wildman–Crippen MR) is 98.6 cm³/mol. The second kappa shape index (κ2) is 6.81. The van der Waals surface area contributed by atoms with Crippen LogP contribution in [0.1, 0.15) is 33.2 Å². The highest BCUT2D eigenvalue weighted by Crippen LogP contribution is 2.30. The molecule has 4 nitrogen and oxygen atoms in total. The lowest BCUT2D eigenvalue weighted by atomic mass is 9.94. The number of carbonyl (C=O) groups is 1. The Kier molecular flexibility index (Phi) is 4.33. The number of pyridine rings is 1. The predicted octanol–water partition coefficient (Wildman–Crippen LogP) is 3.84. The van der Waals surface area contributed by atoms with Crippen molar-refractivity contribution in [3.63, 3.8) is 0 Å². The third-order valence-electron chi connectivity index (χ3n) is 4.48. The average Bonchev–Trinajstić information content (AvgIpc) is 3.01. The van der Waals surface area contributed by atoms with E-state index in [0.29, 0.717) is 16.8 Å². The van der Waals surface area contributed by atoms with Gasteiger partial charge in [-0.3, -0.25) is 9.78 Å². The Labute approximate surface area is 154 Å². The zero-order valence-electron chi connectivity index (χ0n) is 14.2. The summed E-state index contributed by atoms with van der Waals surface area (Å²) in [5.74, 6) is -1.53. The fourth-order valence-corrected chi connectivity index (χ4v) is 3.27. The molecule has 0 radical (unpaired) electrons. The molecule has 6 heteroatoms. The van der Waals surface area contributed by atoms with Crippen LogP contribution in [0.25, 0.3) is 11.1 Å². The van der Waals surface area contributed by atoms with Gasteiger partial charge in [0.25, 0.3) is 5.91 Å². The summed E-state index contributed by atoms with van der Waals surface area (Å²) >= 11 is 0. The van der Waals surface area contributed by atoms with Crippen LogP contribution in [0.3, 0.4) is 0 Å². The van der Waals surface area contributed by atoms with Gasteiger partial charge < -0.3 is 5.73 Å². The smallest absolute Gasteiger partial charge is 0.277 e. The van der Waals surface area contributed by atoms with Crippen molar-refractivity contribution in [2.75, 3.05) is 0 Å². The molecule has 1 unspecified atom stereocenters. The van der Waals surface area contributed by atoms with Crippen molar-refractivity contribution in [1.29, 1.82) is 0 Å². The second-order valence-corrected chi connectivity index (χ2v) is 6.39. The normalized spacial score (nSPS) is 13.7. The number of aromatic nitrogens is 1. The largest absolute Gasteiger partial charge is 0.322 e. The number of hydrogen-bond donors (Lipinski definition) is 1. The number of fused-ring (bicyclic) bond motifs is 1. The van der Waals surface area contributed by atoms with E-state index in [4.69, 9.17) is 5.73 Å². The summed E-state index contributed by atoms with van der Waals surface area (Å²) in [6, 6.07) is 11.9. The van der Waals surface area contributed by atoms with Gasteiger partial charge in [-0.2, -0.15) is 0 Å². The summed E-state index contributed by atoms with van der Waals surface area (Å²) in [6.07, 6.45) is 3.40. The van der Waals surface area contributed by atoms with Crippen molar-refractivity contribution in [3.8, 4) is 11.1 Å². The van der Waals surface area contributed by atoms with E-state index in [-0.39, 0.29) is 12.3 Å². The Bertz CT molecular complexity index is 1060. The summed E-state index contributed by atoms with van der Waals surface area (Å²) in [7, 11) is 0. The van der Waals surface area contributed by atoms with Gasteiger partial charge in [0.2, 0.25) is 0 Å². The molecule has 0 saturated heterocycles. The number of rotatable bonds is 4. The molecule has 0 bridgehead atoms. The lowest BCUT2D eigenvalue weighted by molar-refractivity contribution is 0.101. The number of benzene rings is 2. The van der Waals surface area contributed by atoms with Crippen molar-refractivity contribution in [3.05, 3.63) is 88.7 Å². The monoisotopic (exact) mass is 363 g/mol.